The molecule has 0 unspecified atom stereocenters. The van der Waals surface area contributed by atoms with Gasteiger partial charge in [-0.25, -0.2) is 18.7 Å². The van der Waals surface area contributed by atoms with Gasteiger partial charge >= 0.3 is 0 Å². The summed E-state index contributed by atoms with van der Waals surface area (Å²) in [7, 11) is 0. The summed E-state index contributed by atoms with van der Waals surface area (Å²) in [5.74, 6) is -0.159. The maximum Gasteiger partial charge on any atom is 0.280 e. The number of likely N-dealkylation sites (tertiary alicyclic amines) is 1. The molecule has 0 atom stereocenters. The number of aliphatic hydroxyl groups is 1. The number of nitrogens with zero attached hydrogens (tertiary/aromatic N) is 3. The summed E-state index contributed by atoms with van der Waals surface area (Å²) in [5.41, 5.74) is -0.552. The van der Waals surface area contributed by atoms with Crippen molar-refractivity contribution in [1.82, 2.24) is 20.2 Å². The predicted octanol–water partition coefficient (Wildman–Crippen LogP) is 4.67. The van der Waals surface area contributed by atoms with Crippen molar-refractivity contribution < 1.29 is 23.5 Å². The van der Waals surface area contributed by atoms with E-state index in [-0.39, 0.29) is 55.1 Å². The Hall–Kier alpha value is -2.66. The van der Waals surface area contributed by atoms with Gasteiger partial charge in [0.25, 0.3) is 11.8 Å². The van der Waals surface area contributed by atoms with E-state index >= 15 is 0 Å². The van der Waals surface area contributed by atoms with E-state index in [1.807, 2.05) is 13.0 Å². The monoisotopic (exact) mass is 549 g/mol. The molecule has 1 saturated heterocycles. The Morgan fingerprint density at radius 1 is 1.24 bits per heavy atom. The third-order valence-corrected chi connectivity index (χ3v) is 8.24. The predicted molar refractivity (Wildman–Crippen MR) is 144 cm³/mol. The molecule has 1 aliphatic heterocycles. The van der Waals surface area contributed by atoms with E-state index in [1.54, 1.807) is 31.9 Å². The van der Waals surface area contributed by atoms with Gasteiger partial charge in [-0.15, -0.1) is 11.3 Å². The lowest BCUT2D eigenvalue weighted by molar-refractivity contribution is 0.0660. The fourth-order valence-electron chi connectivity index (χ4n) is 4.76. The molecule has 208 valence electrons. The van der Waals surface area contributed by atoms with E-state index in [4.69, 9.17) is 0 Å². The molecule has 3 N–H and O–H groups in total. The van der Waals surface area contributed by atoms with Crippen molar-refractivity contribution in [1.29, 1.82) is 0 Å². The number of carbonyl (C=O) groups is 2. The van der Waals surface area contributed by atoms with Crippen LogP contribution in [0.2, 0.25) is 0 Å². The van der Waals surface area contributed by atoms with Gasteiger partial charge < -0.3 is 20.6 Å². The molecular formula is C27H37F2N5O3S. The van der Waals surface area contributed by atoms with E-state index in [2.05, 4.69) is 20.6 Å². The lowest BCUT2D eigenvalue weighted by atomic mass is 9.85. The molecule has 2 amide bonds. The largest absolute Gasteiger partial charge is 0.389 e. The standard InChI is InChI=1S/C27H37F2N5O3S/c1-16-13-20(32-18-5-9-27(4,29)10-6-18)30-14-19(16)22-21(25(36)34-11-7-17(28)8-12-34)33-24(38-22)23(35)31-15-26(2,3)37/h13-14,17-18,37H,5-12,15H2,1-4H3,(H,30,32)(H,31,35). The number of hydrogen-bond donors (Lipinski definition) is 3. The Morgan fingerprint density at radius 2 is 1.89 bits per heavy atom. The summed E-state index contributed by atoms with van der Waals surface area (Å²) in [6.07, 6.45) is 3.74. The number of nitrogens with one attached hydrogen (secondary N) is 2. The zero-order chi connectivity index (χ0) is 27.7. The SMILES string of the molecule is Cc1cc(NC2CCC(C)(F)CC2)ncc1-c1sc(C(=O)NCC(C)(C)O)nc1C(=O)N1CCC(F)CC1. The number of anilines is 1. The van der Waals surface area contributed by atoms with Gasteiger partial charge in [-0.05, 0) is 77.8 Å². The number of carbonyl (C=O) groups excluding carboxylic acids is 2. The molecule has 38 heavy (non-hydrogen) atoms. The number of thiazole rings is 1. The number of pyridine rings is 1. The first-order valence-electron chi connectivity index (χ1n) is 13.2. The van der Waals surface area contributed by atoms with Crippen LogP contribution in [-0.2, 0) is 0 Å². The summed E-state index contributed by atoms with van der Waals surface area (Å²) in [4.78, 5) is 37.4. The van der Waals surface area contributed by atoms with Gasteiger partial charge in [0, 0.05) is 37.4 Å². The van der Waals surface area contributed by atoms with Crippen molar-refractivity contribution in [2.75, 3.05) is 25.0 Å². The lowest BCUT2D eigenvalue weighted by Gasteiger charge is -2.31. The van der Waals surface area contributed by atoms with Crippen molar-refractivity contribution in [2.24, 2.45) is 0 Å². The first kappa shape index (κ1) is 28.4. The molecule has 1 saturated carbocycles. The van der Waals surface area contributed by atoms with E-state index in [1.165, 1.54) is 0 Å². The first-order valence-corrected chi connectivity index (χ1v) is 14.0. The van der Waals surface area contributed by atoms with Crippen LogP contribution in [0.1, 0.15) is 85.2 Å². The minimum atomic E-state index is -1.11. The van der Waals surface area contributed by atoms with Crippen LogP contribution in [0.15, 0.2) is 12.3 Å². The van der Waals surface area contributed by atoms with Gasteiger partial charge in [0.15, 0.2) is 5.01 Å². The average Bonchev–Trinajstić information content (AvgIpc) is 3.29. The summed E-state index contributed by atoms with van der Waals surface area (Å²) < 4.78 is 27.9. The molecule has 3 heterocycles. The minimum absolute atomic E-state index is 0.0255. The molecule has 0 spiro atoms. The molecule has 0 bridgehead atoms. The number of alkyl halides is 2. The highest BCUT2D eigenvalue weighted by Gasteiger charge is 2.32. The highest BCUT2D eigenvalue weighted by molar-refractivity contribution is 7.17. The summed E-state index contributed by atoms with van der Waals surface area (Å²) in [6, 6.07) is 2.02. The summed E-state index contributed by atoms with van der Waals surface area (Å²) >= 11 is 1.09. The number of amides is 2. The van der Waals surface area contributed by atoms with Crippen LogP contribution in [0.25, 0.3) is 10.4 Å². The van der Waals surface area contributed by atoms with E-state index in [0.29, 0.717) is 29.1 Å². The van der Waals surface area contributed by atoms with E-state index in [0.717, 1.165) is 29.7 Å². The molecule has 11 heteroatoms. The Morgan fingerprint density at radius 3 is 2.50 bits per heavy atom. The fraction of sp³-hybridized carbons (Fsp3) is 0.630. The molecule has 2 aliphatic rings. The average molecular weight is 550 g/mol. The second-order valence-electron chi connectivity index (χ2n) is 11.4. The topological polar surface area (TPSA) is 107 Å². The molecule has 2 aromatic rings. The number of halogens is 2. The second-order valence-corrected chi connectivity index (χ2v) is 12.4. The Labute approximate surface area is 226 Å². The van der Waals surface area contributed by atoms with E-state index in [9.17, 15) is 23.5 Å². The van der Waals surface area contributed by atoms with Crippen molar-refractivity contribution in [3.63, 3.8) is 0 Å². The van der Waals surface area contributed by atoms with Crippen LogP contribution >= 0.6 is 11.3 Å². The maximum absolute atomic E-state index is 14.2. The van der Waals surface area contributed by atoms with E-state index < -0.39 is 23.3 Å². The number of aryl methyl sites for hydroxylation is 1. The van der Waals surface area contributed by atoms with Gasteiger partial charge in [0.05, 0.1) is 10.5 Å². The van der Waals surface area contributed by atoms with Gasteiger partial charge in [0.2, 0.25) is 0 Å². The third kappa shape index (κ3) is 7.05. The molecular weight excluding hydrogens is 512 g/mol. The Bertz CT molecular complexity index is 1160. The van der Waals surface area contributed by atoms with Crippen LogP contribution < -0.4 is 10.6 Å². The lowest BCUT2D eigenvalue weighted by Crippen LogP contribution is -2.39. The smallest absolute Gasteiger partial charge is 0.280 e. The van der Waals surface area contributed by atoms with Crippen molar-refractivity contribution in [3.05, 3.63) is 28.5 Å². The molecule has 8 nitrogen and oxygen atoms in total. The highest BCUT2D eigenvalue weighted by atomic mass is 32.1. The van der Waals surface area contributed by atoms with Crippen LogP contribution in [0.5, 0.6) is 0 Å². The van der Waals surface area contributed by atoms with Crippen molar-refractivity contribution >= 4 is 29.0 Å². The first-order chi connectivity index (χ1) is 17.8. The minimum Gasteiger partial charge on any atom is -0.389 e. The van der Waals surface area contributed by atoms with Gasteiger partial charge in [-0.1, -0.05) is 0 Å². The zero-order valence-corrected chi connectivity index (χ0v) is 23.3. The fourth-order valence-corrected chi connectivity index (χ4v) is 5.81. The highest BCUT2D eigenvalue weighted by Crippen LogP contribution is 2.36. The van der Waals surface area contributed by atoms with Crippen LogP contribution in [0, 0.1) is 6.92 Å². The number of aromatic nitrogens is 2. The number of piperidine rings is 1. The van der Waals surface area contributed by atoms with Crippen LogP contribution in [0.4, 0.5) is 14.6 Å². The zero-order valence-electron chi connectivity index (χ0n) is 22.4. The van der Waals surface area contributed by atoms with Crippen LogP contribution in [0.3, 0.4) is 0 Å². The number of hydrogen-bond acceptors (Lipinski definition) is 7. The molecule has 4 rings (SSSR count). The van der Waals surface area contributed by atoms with Crippen molar-refractivity contribution in [3.8, 4) is 10.4 Å². The molecule has 0 aromatic carbocycles. The van der Waals surface area contributed by atoms with Gasteiger partial charge in [-0.2, -0.15) is 0 Å². The van der Waals surface area contributed by atoms with Crippen LogP contribution in [-0.4, -0.2) is 74.9 Å². The molecule has 2 fully saturated rings. The van der Waals surface area contributed by atoms with Gasteiger partial charge in [-0.3, -0.25) is 9.59 Å². The molecule has 0 radical (unpaired) electrons. The summed E-state index contributed by atoms with van der Waals surface area (Å²) in [5, 5.41) is 16.1. The third-order valence-electron chi connectivity index (χ3n) is 7.15. The van der Waals surface area contributed by atoms with Crippen molar-refractivity contribution in [2.45, 2.75) is 89.7 Å². The second kappa shape index (κ2) is 11.2. The number of rotatable bonds is 7. The van der Waals surface area contributed by atoms with Gasteiger partial charge in [0.1, 0.15) is 23.4 Å². The quantitative estimate of drug-likeness (QED) is 0.463. The Balaban J connectivity index is 1.60. The molecule has 1 aliphatic carbocycles. The summed E-state index contributed by atoms with van der Waals surface area (Å²) in [6.45, 7) is 7.31. The normalized spacial score (nSPS) is 22.8. The maximum atomic E-state index is 14.2. The Kier molecular flexibility index (Phi) is 8.37. The molecule has 2 aromatic heterocycles.